The van der Waals surface area contributed by atoms with E-state index in [9.17, 15) is 52.7 Å². The van der Waals surface area contributed by atoms with E-state index >= 15 is 0 Å². The van der Waals surface area contributed by atoms with Crippen molar-refractivity contribution in [2.75, 3.05) is 21.3 Å². The van der Waals surface area contributed by atoms with Crippen LogP contribution in [0.5, 0.6) is 0 Å². The van der Waals surface area contributed by atoms with Crippen LogP contribution in [-0.2, 0) is 18.0 Å². The molecule has 0 heterocycles. The lowest BCUT2D eigenvalue weighted by molar-refractivity contribution is -0.404. The second kappa shape index (κ2) is 9.79. The second-order valence-electron chi connectivity index (χ2n) is 5.70. The van der Waals surface area contributed by atoms with Crippen LogP contribution < -0.4 is 0 Å². The van der Waals surface area contributed by atoms with Gasteiger partial charge in [0.2, 0.25) is 6.17 Å². The highest BCUT2D eigenvalue weighted by atomic mass is 28.4. The van der Waals surface area contributed by atoms with Crippen LogP contribution in [0, 0.1) is 0 Å². The molecule has 0 spiro atoms. The molecule has 3 unspecified atom stereocenters. The fraction of sp³-hybridized carbons (Fsp3) is 1.00. The van der Waals surface area contributed by atoms with E-state index in [0.717, 1.165) is 28.3 Å². The molecule has 0 rings (SSSR count). The van der Waals surface area contributed by atoms with Crippen molar-refractivity contribution in [3.63, 3.8) is 0 Å². The van der Waals surface area contributed by atoms with Gasteiger partial charge < -0.3 is 18.0 Å². The Morgan fingerprint density at radius 1 is 0.700 bits per heavy atom. The first kappa shape index (κ1) is 29.2. The zero-order valence-electron chi connectivity index (χ0n) is 15.7. The minimum atomic E-state index is -7.45. The molecule has 0 amide bonds. The van der Waals surface area contributed by atoms with Gasteiger partial charge in [0.1, 0.15) is 5.73 Å². The Labute approximate surface area is 163 Å². The molecule has 0 aliphatic heterocycles. The molecule has 0 saturated carbocycles. The molecule has 0 bridgehead atoms. The van der Waals surface area contributed by atoms with Crippen LogP contribution in [-0.4, -0.2) is 78.5 Å². The van der Waals surface area contributed by atoms with E-state index < -0.39 is 63.6 Å². The Hall–Kier alpha value is -0.783. The molecule has 0 aliphatic rings. The zero-order valence-corrected chi connectivity index (χ0v) is 16.7. The van der Waals surface area contributed by atoms with Gasteiger partial charge in [0.15, 0.2) is 0 Å². The summed E-state index contributed by atoms with van der Waals surface area (Å²) in [7, 11) is -1.60. The fourth-order valence-corrected chi connectivity index (χ4v) is 4.27. The van der Waals surface area contributed by atoms with Crippen molar-refractivity contribution in [1.29, 1.82) is 0 Å². The minimum Gasteiger partial charge on any atom is -0.375 e. The van der Waals surface area contributed by atoms with Crippen LogP contribution in [0.25, 0.3) is 0 Å². The Kier molecular flexibility index (Phi) is 9.53. The van der Waals surface area contributed by atoms with Gasteiger partial charge in [-0.3, -0.25) is 0 Å². The number of ether oxygens (including phenoxy) is 1. The molecule has 0 N–H and O–H groups in total. The molecular weight excluding hydrogens is 476 g/mol. The summed E-state index contributed by atoms with van der Waals surface area (Å²) in [5.74, 6) is -28.6. The maximum absolute atomic E-state index is 13.9. The number of halogens is 12. The maximum Gasteiger partial charge on any atom is 0.530 e. The fourth-order valence-electron chi connectivity index (χ4n) is 2.20. The topological polar surface area (TPSA) is 36.9 Å². The van der Waals surface area contributed by atoms with Crippen molar-refractivity contribution >= 4 is 8.80 Å². The van der Waals surface area contributed by atoms with Gasteiger partial charge in [-0.1, -0.05) is 6.92 Å². The molecule has 0 fully saturated rings. The first-order valence-electron chi connectivity index (χ1n) is 7.76. The Balaban J connectivity index is 6.08. The summed E-state index contributed by atoms with van der Waals surface area (Å²) in [6.07, 6.45) is -15.4. The summed E-state index contributed by atoms with van der Waals surface area (Å²) in [6, 6.07) is 0. The van der Waals surface area contributed by atoms with Crippen molar-refractivity contribution < 1.29 is 70.7 Å². The molecule has 0 aliphatic carbocycles. The Morgan fingerprint density at radius 3 is 1.37 bits per heavy atom. The summed E-state index contributed by atoms with van der Waals surface area (Å²) in [5.41, 5.74) is -2.02. The first-order chi connectivity index (χ1) is 13.4. The van der Waals surface area contributed by atoms with Crippen molar-refractivity contribution in [1.82, 2.24) is 0 Å². The smallest absolute Gasteiger partial charge is 0.375 e. The lowest BCUT2D eigenvalue weighted by atomic mass is 9.95. The van der Waals surface area contributed by atoms with E-state index in [2.05, 4.69) is 4.74 Å². The van der Waals surface area contributed by atoms with Gasteiger partial charge in [-0.05, 0) is 6.42 Å². The van der Waals surface area contributed by atoms with Crippen molar-refractivity contribution in [3.05, 3.63) is 0 Å². The molecule has 4 nitrogen and oxygen atoms in total. The first-order valence-corrected chi connectivity index (χ1v) is 9.56. The highest BCUT2D eigenvalue weighted by Gasteiger charge is 2.85. The molecule has 30 heavy (non-hydrogen) atoms. The molecule has 0 saturated heterocycles. The molecule has 182 valence electrons. The van der Waals surface area contributed by atoms with E-state index in [1.807, 2.05) is 0 Å². The summed E-state index contributed by atoms with van der Waals surface area (Å²) < 4.78 is 177. The summed E-state index contributed by atoms with van der Waals surface area (Å²) >= 11 is 0. The number of hydrogen-bond acceptors (Lipinski definition) is 4. The molecular formula is C13H18F12O4Si. The molecule has 0 aromatic heterocycles. The summed E-state index contributed by atoms with van der Waals surface area (Å²) in [6.45, 7) is 1.10. The third-order valence-electron chi connectivity index (χ3n) is 3.99. The molecule has 0 radical (unpaired) electrons. The van der Waals surface area contributed by atoms with Gasteiger partial charge in [-0.2, -0.15) is 35.1 Å². The third-order valence-corrected chi connectivity index (χ3v) is 7.03. The second-order valence-corrected chi connectivity index (χ2v) is 8.77. The van der Waals surface area contributed by atoms with Crippen molar-refractivity contribution in [2.24, 2.45) is 0 Å². The van der Waals surface area contributed by atoms with Crippen LogP contribution in [0.1, 0.15) is 13.3 Å². The monoisotopic (exact) mass is 494 g/mol. The standard InChI is InChI=1S/C13H18F12O4Si/c1-5-6(30(26-2,27-3)28-4)29-9(17)11(20,21)13(24,25)12(22,23)10(18,19)7(14)8(15)16/h6-9H,5H2,1-4H3. The van der Waals surface area contributed by atoms with Gasteiger partial charge in [-0.15, -0.1) is 0 Å². The number of rotatable bonds is 13. The average Bonchev–Trinajstić information content (AvgIpc) is 2.66. The number of hydrogen-bond donors (Lipinski definition) is 0. The predicted octanol–water partition coefficient (Wildman–Crippen LogP) is 4.64. The molecule has 3 atom stereocenters. The predicted molar refractivity (Wildman–Crippen MR) is 77.5 cm³/mol. The lowest BCUT2D eigenvalue weighted by Gasteiger charge is -2.39. The Morgan fingerprint density at radius 2 is 1.07 bits per heavy atom. The van der Waals surface area contributed by atoms with Crippen LogP contribution in [0.2, 0.25) is 0 Å². The van der Waals surface area contributed by atoms with E-state index in [1.165, 1.54) is 0 Å². The van der Waals surface area contributed by atoms with Gasteiger partial charge in [-0.25, -0.2) is 17.6 Å². The van der Waals surface area contributed by atoms with E-state index in [0.29, 0.717) is 0 Å². The van der Waals surface area contributed by atoms with Crippen molar-refractivity contribution in [2.45, 2.75) is 61.7 Å². The SMILES string of the molecule is CCC(OC(F)C(F)(F)C(F)(F)C(F)(F)C(F)(F)C(F)C(F)F)[Si](OC)(OC)OC. The summed E-state index contributed by atoms with van der Waals surface area (Å²) in [4.78, 5) is 0. The van der Waals surface area contributed by atoms with Gasteiger partial charge in [0, 0.05) is 21.3 Å². The molecule has 0 aromatic rings. The highest BCUT2D eigenvalue weighted by molar-refractivity contribution is 6.62. The van der Waals surface area contributed by atoms with Crippen LogP contribution in [0.4, 0.5) is 52.7 Å². The molecule has 0 aromatic carbocycles. The van der Waals surface area contributed by atoms with E-state index in [1.54, 1.807) is 0 Å². The Bertz CT molecular complexity index is 538. The van der Waals surface area contributed by atoms with Crippen LogP contribution in [0.3, 0.4) is 0 Å². The lowest BCUT2D eigenvalue weighted by Crippen LogP contribution is -2.68. The average molecular weight is 494 g/mol. The highest BCUT2D eigenvalue weighted by Crippen LogP contribution is 2.56. The number of alkyl halides is 12. The van der Waals surface area contributed by atoms with Gasteiger partial charge >= 0.3 is 32.5 Å². The minimum absolute atomic E-state index is 0.533. The third kappa shape index (κ3) is 4.68. The maximum atomic E-state index is 13.9. The quantitative estimate of drug-likeness (QED) is 0.276. The largest absolute Gasteiger partial charge is 0.530 e. The van der Waals surface area contributed by atoms with E-state index in [-0.39, 0.29) is 0 Å². The van der Waals surface area contributed by atoms with Crippen molar-refractivity contribution in [3.8, 4) is 0 Å². The van der Waals surface area contributed by atoms with E-state index in [4.69, 9.17) is 13.3 Å². The van der Waals surface area contributed by atoms with Gasteiger partial charge in [0.25, 0.3) is 12.8 Å². The molecule has 17 heteroatoms. The normalized spacial score (nSPS) is 17.9. The van der Waals surface area contributed by atoms with Crippen LogP contribution in [0.15, 0.2) is 0 Å². The zero-order chi connectivity index (χ0) is 24.3. The van der Waals surface area contributed by atoms with Gasteiger partial charge in [0.05, 0.1) is 0 Å². The summed E-state index contributed by atoms with van der Waals surface area (Å²) in [5, 5.41) is 0. The van der Waals surface area contributed by atoms with Crippen LogP contribution >= 0.6 is 0 Å².